The maximum Gasteiger partial charge on any atom is 0.416 e. The number of halogens is 3. The number of nitrogens with zero attached hydrogens (tertiary/aromatic N) is 1. The van der Waals surface area contributed by atoms with Crippen LogP contribution in [-0.4, -0.2) is 10.9 Å². The van der Waals surface area contributed by atoms with E-state index >= 15 is 0 Å². The Kier molecular flexibility index (Phi) is 4.94. The molecule has 1 heterocycles. The highest BCUT2D eigenvalue weighted by Gasteiger charge is 2.30. The number of rotatable bonds is 4. The SMILES string of the molecule is Cc1nc(Nc2ccccc2)sc1C(=O)Nc1cccc(C(F)(F)F)c1. The number of hydrogen-bond acceptors (Lipinski definition) is 4. The van der Waals surface area contributed by atoms with Gasteiger partial charge in [0.25, 0.3) is 5.91 Å². The van der Waals surface area contributed by atoms with Gasteiger partial charge in [0.15, 0.2) is 5.13 Å². The average molecular weight is 377 g/mol. The Bertz CT molecular complexity index is 923. The van der Waals surface area contributed by atoms with Crippen molar-refractivity contribution in [2.24, 2.45) is 0 Å². The van der Waals surface area contributed by atoms with Gasteiger partial charge < -0.3 is 10.6 Å². The molecule has 134 valence electrons. The van der Waals surface area contributed by atoms with Crippen molar-refractivity contribution in [2.45, 2.75) is 13.1 Å². The molecule has 3 rings (SSSR count). The number of nitrogens with one attached hydrogen (secondary N) is 2. The topological polar surface area (TPSA) is 54.0 Å². The third kappa shape index (κ3) is 4.20. The van der Waals surface area contributed by atoms with Gasteiger partial charge in [0.05, 0.1) is 11.3 Å². The van der Waals surface area contributed by atoms with E-state index in [4.69, 9.17) is 0 Å². The maximum absolute atomic E-state index is 12.8. The molecule has 0 radical (unpaired) electrons. The van der Waals surface area contributed by atoms with Gasteiger partial charge in [0.1, 0.15) is 4.88 Å². The van der Waals surface area contributed by atoms with Crippen molar-refractivity contribution in [3.05, 3.63) is 70.7 Å². The van der Waals surface area contributed by atoms with Crippen molar-refractivity contribution in [3.63, 3.8) is 0 Å². The van der Waals surface area contributed by atoms with Crippen molar-refractivity contribution in [1.82, 2.24) is 4.98 Å². The third-order valence-electron chi connectivity index (χ3n) is 3.48. The van der Waals surface area contributed by atoms with E-state index in [0.29, 0.717) is 15.7 Å². The fourth-order valence-corrected chi connectivity index (χ4v) is 3.15. The Morgan fingerprint density at radius 1 is 1.04 bits per heavy atom. The molecular formula is C18H14F3N3OS. The minimum absolute atomic E-state index is 0.0789. The lowest BCUT2D eigenvalue weighted by molar-refractivity contribution is -0.137. The first-order valence-corrected chi connectivity index (χ1v) is 8.43. The Morgan fingerprint density at radius 3 is 2.42 bits per heavy atom. The summed E-state index contributed by atoms with van der Waals surface area (Å²) < 4.78 is 38.3. The highest BCUT2D eigenvalue weighted by atomic mass is 32.1. The Labute approximate surface area is 151 Å². The molecule has 4 nitrogen and oxygen atoms in total. The molecule has 0 aliphatic heterocycles. The second-order valence-corrected chi connectivity index (χ2v) is 6.46. The van der Waals surface area contributed by atoms with Gasteiger partial charge in [0, 0.05) is 11.4 Å². The second kappa shape index (κ2) is 7.17. The van der Waals surface area contributed by atoms with Crippen LogP contribution in [0.2, 0.25) is 0 Å². The first-order chi connectivity index (χ1) is 12.3. The van der Waals surface area contributed by atoms with E-state index < -0.39 is 17.6 Å². The number of para-hydroxylation sites is 1. The summed E-state index contributed by atoms with van der Waals surface area (Å²) in [5, 5.41) is 6.11. The van der Waals surface area contributed by atoms with Gasteiger partial charge in [-0.05, 0) is 37.3 Å². The number of thiazole rings is 1. The van der Waals surface area contributed by atoms with Gasteiger partial charge in [-0.1, -0.05) is 35.6 Å². The van der Waals surface area contributed by atoms with Gasteiger partial charge in [-0.2, -0.15) is 13.2 Å². The predicted octanol–water partition coefficient (Wildman–Crippen LogP) is 5.47. The predicted molar refractivity (Wildman–Crippen MR) is 96.0 cm³/mol. The fraction of sp³-hybridized carbons (Fsp3) is 0.111. The monoisotopic (exact) mass is 377 g/mol. The van der Waals surface area contributed by atoms with Crippen LogP contribution in [-0.2, 0) is 6.18 Å². The van der Waals surface area contributed by atoms with Gasteiger partial charge >= 0.3 is 6.18 Å². The molecule has 0 saturated heterocycles. The average Bonchev–Trinajstić information content (AvgIpc) is 2.96. The third-order valence-corrected chi connectivity index (χ3v) is 4.55. The summed E-state index contributed by atoms with van der Waals surface area (Å²) in [7, 11) is 0. The Morgan fingerprint density at radius 2 is 1.73 bits per heavy atom. The van der Waals surface area contributed by atoms with Gasteiger partial charge in [0.2, 0.25) is 0 Å². The number of hydrogen-bond donors (Lipinski definition) is 2. The molecule has 0 atom stereocenters. The van der Waals surface area contributed by atoms with E-state index in [0.717, 1.165) is 29.2 Å². The van der Waals surface area contributed by atoms with Crippen LogP contribution < -0.4 is 10.6 Å². The number of amides is 1. The standard InChI is InChI=1S/C18H14F3N3OS/c1-11-15(26-17(22-11)24-13-7-3-2-4-8-13)16(25)23-14-9-5-6-12(10-14)18(19,20)21/h2-10H,1H3,(H,22,24)(H,23,25). The molecule has 0 saturated carbocycles. The Balaban J connectivity index is 1.76. The molecule has 8 heteroatoms. The summed E-state index contributed by atoms with van der Waals surface area (Å²) in [6.07, 6.45) is -4.46. The van der Waals surface area contributed by atoms with Crippen molar-refractivity contribution in [1.29, 1.82) is 0 Å². The van der Waals surface area contributed by atoms with Crippen molar-refractivity contribution in [3.8, 4) is 0 Å². The number of aromatic nitrogens is 1. The zero-order valence-electron chi connectivity index (χ0n) is 13.6. The van der Waals surface area contributed by atoms with E-state index in [1.165, 1.54) is 12.1 Å². The molecule has 0 spiro atoms. The van der Waals surface area contributed by atoms with E-state index in [-0.39, 0.29) is 5.69 Å². The molecule has 2 N–H and O–H groups in total. The van der Waals surface area contributed by atoms with Crippen LogP contribution in [0.4, 0.5) is 29.7 Å². The van der Waals surface area contributed by atoms with Crippen molar-refractivity contribution >= 4 is 33.8 Å². The lowest BCUT2D eigenvalue weighted by Gasteiger charge is -2.09. The minimum Gasteiger partial charge on any atom is -0.332 e. The Hall–Kier alpha value is -2.87. The molecule has 2 aromatic carbocycles. The van der Waals surface area contributed by atoms with Gasteiger partial charge in [-0.15, -0.1) is 0 Å². The first kappa shape index (κ1) is 17.9. The minimum atomic E-state index is -4.46. The summed E-state index contributed by atoms with van der Waals surface area (Å²) in [5.74, 6) is -0.500. The summed E-state index contributed by atoms with van der Waals surface area (Å²) in [6, 6.07) is 13.8. The molecule has 3 aromatic rings. The van der Waals surface area contributed by atoms with Crippen molar-refractivity contribution in [2.75, 3.05) is 10.6 Å². The van der Waals surface area contributed by atoms with Crippen LogP contribution in [0.5, 0.6) is 0 Å². The number of carbonyl (C=O) groups excluding carboxylic acids is 1. The van der Waals surface area contributed by atoms with Crippen LogP contribution in [0.25, 0.3) is 0 Å². The van der Waals surface area contributed by atoms with Gasteiger partial charge in [-0.3, -0.25) is 4.79 Å². The maximum atomic E-state index is 12.8. The number of alkyl halides is 3. The van der Waals surface area contributed by atoms with Crippen LogP contribution in [0.15, 0.2) is 54.6 Å². The number of benzene rings is 2. The second-order valence-electron chi connectivity index (χ2n) is 5.46. The van der Waals surface area contributed by atoms with Crippen LogP contribution in [0, 0.1) is 6.92 Å². The largest absolute Gasteiger partial charge is 0.416 e. The number of anilines is 3. The van der Waals surface area contributed by atoms with E-state index in [1.54, 1.807) is 6.92 Å². The summed E-state index contributed by atoms with van der Waals surface area (Å²) in [4.78, 5) is 17.0. The van der Waals surface area contributed by atoms with E-state index in [1.807, 2.05) is 30.3 Å². The number of carbonyl (C=O) groups is 1. The summed E-state index contributed by atoms with van der Waals surface area (Å²) >= 11 is 1.13. The molecule has 26 heavy (non-hydrogen) atoms. The molecule has 0 aliphatic carbocycles. The molecular weight excluding hydrogens is 363 g/mol. The molecule has 0 aliphatic rings. The fourth-order valence-electron chi connectivity index (χ4n) is 2.27. The lowest BCUT2D eigenvalue weighted by atomic mass is 10.2. The lowest BCUT2D eigenvalue weighted by Crippen LogP contribution is -2.13. The summed E-state index contributed by atoms with van der Waals surface area (Å²) in [6.45, 7) is 1.67. The zero-order chi connectivity index (χ0) is 18.7. The normalized spacial score (nSPS) is 11.2. The molecule has 1 amide bonds. The smallest absolute Gasteiger partial charge is 0.332 e. The molecule has 0 unspecified atom stereocenters. The van der Waals surface area contributed by atoms with Crippen molar-refractivity contribution < 1.29 is 18.0 Å². The number of aryl methyl sites for hydroxylation is 1. The molecule has 1 aromatic heterocycles. The summed E-state index contributed by atoms with van der Waals surface area (Å²) in [5.41, 5.74) is 0.585. The molecule has 0 bridgehead atoms. The highest BCUT2D eigenvalue weighted by Crippen LogP contribution is 2.31. The van der Waals surface area contributed by atoms with Crippen LogP contribution in [0.1, 0.15) is 20.9 Å². The van der Waals surface area contributed by atoms with E-state index in [2.05, 4.69) is 15.6 Å². The first-order valence-electron chi connectivity index (χ1n) is 7.61. The van der Waals surface area contributed by atoms with Crippen LogP contribution in [0.3, 0.4) is 0 Å². The molecule has 0 fully saturated rings. The van der Waals surface area contributed by atoms with Gasteiger partial charge in [-0.25, -0.2) is 4.98 Å². The quantitative estimate of drug-likeness (QED) is 0.634. The van der Waals surface area contributed by atoms with Crippen LogP contribution >= 0.6 is 11.3 Å². The zero-order valence-corrected chi connectivity index (χ0v) is 14.4. The highest BCUT2D eigenvalue weighted by molar-refractivity contribution is 7.17. The van der Waals surface area contributed by atoms with E-state index in [9.17, 15) is 18.0 Å².